The second-order valence-corrected chi connectivity index (χ2v) is 6.16. The van der Waals surface area contributed by atoms with E-state index in [0.29, 0.717) is 6.54 Å². The van der Waals surface area contributed by atoms with Crippen molar-refractivity contribution in [2.45, 2.75) is 29.7 Å². The van der Waals surface area contributed by atoms with E-state index in [1.165, 1.54) is 10.5 Å². The van der Waals surface area contributed by atoms with Gasteiger partial charge in [0.2, 0.25) is 0 Å². The number of hydrogen-bond donors (Lipinski definition) is 1. The third-order valence-corrected chi connectivity index (χ3v) is 4.25. The minimum Gasteiger partial charge on any atom is -0.330 e. The Bertz CT molecular complexity index is 734. The molecule has 0 atom stereocenters. The first-order valence-corrected chi connectivity index (χ1v) is 7.84. The number of aromatic nitrogens is 3. The monoisotopic (exact) mass is 298 g/mol. The maximum atomic E-state index is 5.54. The maximum absolute atomic E-state index is 5.54. The van der Waals surface area contributed by atoms with Crippen molar-refractivity contribution in [3.8, 4) is 0 Å². The molecule has 1 aromatic carbocycles. The third-order valence-electron chi connectivity index (χ3n) is 3.28. The van der Waals surface area contributed by atoms with E-state index in [2.05, 4.69) is 47.3 Å². The highest BCUT2D eigenvalue weighted by molar-refractivity contribution is 7.99. The lowest BCUT2D eigenvalue weighted by atomic mass is 10.2. The minimum absolute atomic E-state index is 0.669. The lowest BCUT2D eigenvalue weighted by molar-refractivity contribution is 0.598. The van der Waals surface area contributed by atoms with Crippen molar-refractivity contribution in [2.75, 3.05) is 6.54 Å². The van der Waals surface area contributed by atoms with Gasteiger partial charge in [0.05, 0.1) is 6.20 Å². The summed E-state index contributed by atoms with van der Waals surface area (Å²) in [4.78, 5) is 6.90. The Morgan fingerprint density at radius 1 is 1.14 bits per heavy atom. The van der Waals surface area contributed by atoms with Crippen LogP contribution in [0.3, 0.4) is 0 Å². The van der Waals surface area contributed by atoms with Crippen molar-refractivity contribution in [1.29, 1.82) is 0 Å². The van der Waals surface area contributed by atoms with Crippen LogP contribution in [0.2, 0.25) is 0 Å². The molecule has 0 unspecified atom stereocenters. The van der Waals surface area contributed by atoms with Crippen LogP contribution in [0.4, 0.5) is 0 Å². The Hall–Kier alpha value is -1.85. The van der Waals surface area contributed by atoms with E-state index in [1.807, 2.05) is 17.1 Å². The molecule has 0 fully saturated rings. The Balaban J connectivity index is 1.82. The summed E-state index contributed by atoms with van der Waals surface area (Å²) in [5, 5.41) is 5.46. The Morgan fingerprint density at radius 3 is 2.71 bits per heavy atom. The summed E-state index contributed by atoms with van der Waals surface area (Å²) in [6, 6.07) is 10.7. The summed E-state index contributed by atoms with van der Waals surface area (Å²) in [6.45, 7) is 3.58. The number of nitrogens with zero attached hydrogens (tertiary/aromatic N) is 3. The summed E-state index contributed by atoms with van der Waals surface area (Å²) in [5.41, 5.74) is 7.74. The second kappa shape index (κ2) is 6.28. The molecule has 0 saturated heterocycles. The molecule has 2 aromatic heterocycles. The van der Waals surface area contributed by atoms with Gasteiger partial charge >= 0.3 is 0 Å². The zero-order valence-corrected chi connectivity index (χ0v) is 12.8. The van der Waals surface area contributed by atoms with Gasteiger partial charge in [-0.1, -0.05) is 29.5 Å². The number of aryl methyl sites for hydroxylation is 2. The van der Waals surface area contributed by atoms with Crippen LogP contribution in [-0.4, -0.2) is 21.3 Å². The fraction of sp³-hybridized carbons (Fsp3) is 0.250. The van der Waals surface area contributed by atoms with E-state index in [-0.39, 0.29) is 0 Å². The predicted octanol–water partition coefficient (Wildman–Crippen LogP) is 3.24. The molecule has 0 bridgehead atoms. The third kappa shape index (κ3) is 3.25. The highest BCUT2D eigenvalue weighted by Gasteiger charge is 2.06. The average molecular weight is 298 g/mol. The van der Waals surface area contributed by atoms with Crippen molar-refractivity contribution in [1.82, 2.24) is 14.8 Å². The van der Waals surface area contributed by atoms with Crippen molar-refractivity contribution < 1.29 is 0 Å². The summed E-state index contributed by atoms with van der Waals surface area (Å²) in [6.07, 6.45) is 4.70. The van der Waals surface area contributed by atoms with Crippen molar-refractivity contribution in [3.63, 3.8) is 0 Å². The van der Waals surface area contributed by atoms with Gasteiger partial charge in [0, 0.05) is 27.9 Å². The molecule has 0 spiro atoms. The number of nitrogens with two attached hydrogens (primary N) is 1. The average Bonchev–Trinajstić information content (AvgIpc) is 2.90. The number of rotatable bonds is 5. The fourth-order valence-electron chi connectivity index (χ4n) is 2.15. The molecule has 0 aliphatic carbocycles. The van der Waals surface area contributed by atoms with Gasteiger partial charge in [-0.2, -0.15) is 5.10 Å². The molecule has 0 amide bonds. The molecule has 3 aromatic rings. The fourth-order valence-corrected chi connectivity index (χ4v) is 2.99. The van der Waals surface area contributed by atoms with E-state index in [0.717, 1.165) is 28.9 Å². The molecule has 3 rings (SSSR count). The van der Waals surface area contributed by atoms with Gasteiger partial charge in [-0.05, 0) is 38.1 Å². The number of pyridine rings is 1. The molecule has 2 heterocycles. The van der Waals surface area contributed by atoms with Crippen LogP contribution in [0.25, 0.3) is 11.0 Å². The van der Waals surface area contributed by atoms with Crippen LogP contribution in [0.1, 0.15) is 12.0 Å². The molecule has 5 heteroatoms. The zero-order chi connectivity index (χ0) is 14.7. The van der Waals surface area contributed by atoms with E-state index in [9.17, 15) is 0 Å². The molecule has 0 aliphatic rings. The zero-order valence-electron chi connectivity index (χ0n) is 12.0. The topological polar surface area (TPSA) is 56.7 Å². The quantitative estimate of drug-likeness (QED) is 0.785. The van der Waals surface area contributed by atoms with Crippen molar-refractivity contribution in [2.24, 2.45) is 5.73 Å². The maximum Gasteiger partial charge on any atom is 0.157 e. The first-order chi connectivity index (χ1) is 10.3. The van der Waals surface area contributed by atoms with E-state index in [4.69, 9.17) is 5.73 Å². The smallest absolute Gasteiger partial charge is 0.157 e. The molecule has 108 valence electrons. The van der Waals surface area contributed by atoms with E-state index in [1.54, 1.807) is 11.8 Å². The Morgan fingerprint density at radius 2 is 1.95 bits per heavy atom. The lowest BCUT2D eigenvalue weighted by Crippen LogP contribution is -2.07. The molecular formula is C16H18N4S. The predicted molar refractivity (Wildman–Crippen MR) is 86.5 cm³/mol. The highest BCUT2D eigenvalue weighted by atomic mass is 32.2. The highest BCUT2D eigenvalue weighted by Crippen LogP contribution is 2.29. The number of benzene rings is 1. The first kappa shape index (κ1) is 14.1. The summed E-state index contributed by atoms with van der Waals surface area (Å²) in [5.74, 6) is 0. The normalized spacial score (nSPS) is 11.1. The molecule has 0 saturated carbocycles. The molecule has 0 radical (unpaired) electrons. The first-order valence-electron chi connectivity index (χ1n) is 7.02. The van der Waals surface area contributed by atoms with E-state index >= 15 is 0 Å². The SMILES string of the molecule is Cc1ccc(Sc2cnc3c(cnn3CCCN)c2)cc1. The number of fused-ring (bicyclic) bond motifs is 1. The largest absolute Gasteiger partial charge is 0.330 e. The van der Waals surface area contributed by atoms with Crippen LogP contribution in [0, 0.1) is 6.92 Å². The summed E-state index contributed by atoms with van der Waals surface area (Å²) in [7, 11) is 0. The van der Waals surface area contributed by atoms with Crippen LogP contribution in [0.15, 0.2) is 52.5 Å². The van der Waals surface area contributed by atoms with Gasteiger partial charge in [0.15, 0.2) is 5.65 Å². The van der Waals surface area contributed by atoms with Gasteiger partial charge in [-0.3, -0.25) is 0 Å². The van der Waals surface area contributed by atoms with Gasteiger partial charge in [0.1, 0.15) is 0 Å². The minimum atomic E-state index is 0.669. The van der Waals surface area contributed by atoms with Crippen LogP contribution >= 0.6 is 11.8 Å². The van der Waals surface area contributed by atoms with E-state index < -0.39 is 0 Å². The van der Waals surface area contributed by atoms with Crippen LogP contribution in [0.5, 0.6) is 0 Å². The molecule has 21 heavy (non-hydrogen) atoms. The van der Waals surface area contributed by atoms with Crippen molar-refractivity contribution in [3.05, 3.63) is 48.3 Å². The molecular weight excluding hydrogens is 280 g/mol. The van der Waals surface area contributed by atoms with Gasteiger partial charge in [0.25, 0.3) is 0 Å². The van der Waals surface area contributed by atoms with Crippen molar-refractivity contribution >= 4 is 22.8 Å². The number of hydrogen-bond acceptors (Lipinski definition) is 4. The lowest BCUT2D eigenvalue weighted by Gasteiger charge is -2.04. The molecule has 2 N–H and O–H groups in total. The summed E-state index contributed by atoms with van der Waals surface area (Å²) < 4.78 is 1.92. The van der Waals surface area contributed by atoms with Crippen LogP contribution < -0.4 is 5.73 Å². The van der Waals surface area contributed by atoms with Gasteiger partial charge < -0.3 is 5.73 Å². The molecule has 0 aliphatic heterocycles. The summed E-state index contributed by atoms with van der Waals surface area (Å²) >= 11 is 1.72. The Kier molecular flexibility index (Phi) is 4.22. The standard InChI is InChI=1S/C16H18N4S/c1-12-3-5-14(6-4-12)21-15-9-13-10-19-20(8-2-7-17)16(13)18-11-15/h3-6,9-11H,2,7-8,17H2,1H3. The van der Waals surface area contributed by atoms with Gasteiger partial charge in [-0.15, -0.1) is 0 Å². The molecule has 4 nitrogen and oxygen atoms in total. The Labute approximate surface area is 128 Å². The van der Waals surface area contributed by atoms with Gasteiger partial charge in [-0.25, -0.2) is 9.67 Å². The second-order valence-electron chi connectivity index (χ2n) is 5.01. The van der Waals surface area contributed by atoms with Crippen LogP contribution in [-0.2, 0) is 6.54 Å².